The van der Waals surface area contributed by atoms with E-state index in [1.54, 1.807) is 4.68 Å². The summed E-state index contributed by atoms with van der Waals surface area (Å²) in [5, 5.41) is 7.61. The van der Waals surface area contributed by atoms with Gasteiger partial charge in [-0.05, 0) is 30.5 Å². The van der Waals surface area contributed by atoms with Crippen LogP contribution in [0.15, 0.2) is 24.4 Å². The van der Waals surface area contributed by atoms with Crippen LogP contribution in [0.4, 0.5) is 0 Å². The Morgan fingerprint density at radius 1 is 1.33 bits per heavy atom. The van der Waals surface area contributed by atoms with Gasteiger partial charge in [-0.15, -0.1) is 5.10 Å². The normalized spacial score (nSPS) is 17.5. The van der Waals surface area contributed by atoms with E-state index in [1.165, 1.54) is 17.3 Å². The van der Waals surface area contributed by atoms with Crippen molar-refractivity contribution >= 4 is 11.8 Å². The predicted molar refractivity (Wildman–Crippen MR) is 88.0 cm³/mol. The van der Waals surface area contributed by atoms with Crippen molar-refractivity contribution in [3.05, 3.63) is 46.8 Å². The van der Waals surface area contributed by atoms with Crippen molar-refractivity contribution in [1.29, 1.82) is 0 Å². The van der Waals surface area contributed by atoms with Crippen LogP contribution in [0.2, 0.25) is 0 Å². The molecule has 2 heterocycles. The number of benzene rings is 1. The molecule has 1 saturated heterocycles. The summed E-state index contributed by atoms with van der Waals surface area (Å²) in [5.74, 6) is -0.292. The minimum atomic E-state index is -0.597. The second kappa shape index (κ2) is 6.43. The Balaban J connectivity index is 1.62. The first-order valence-corrected chi connectivity index (χ1v) is 7.96. The van der Waals surface area contributed by atoms with E-state index in [0.717, 1.165) is 5.56 Å². The topological polar surface area (TPSA) is 94.1 Å². The number of carbonyl (C=O) groups is 2. The maximum absolute atomic E-state index is 12.3. The highest BCUT2D eigenvalue weighted by molar-refractivity contribution is 5.90. The van der Waals surface area contributed by atoms with E-state index in [0.29, 0.717) is 26.1 Å². The van der Waals surface area contributed by atoms with E-state index in [1.807, 2.05) is 4.90 Å². The van der Waals surface area contributed by atoms with Gasteiger partial charge in [0.25, 0.3) is 5.91 Å². The van der Waals surface area contributed by atoms with Crippen molar-refractivity contribution in [2.24, 2.45) is 11.7 Å². The molecule has 126 valence electrons. The number of aromatic nitrogens is 3. The van der Waals surface area contributed by atoms with Gasteiger partial charge in [-0.25, -0.2) is 0 Å². The lowest BCUT2D eigenvalue weighted by molar-refractivity contribution is -0.128. The Bertz CT molecular complexity index is 783. The summed E-state index contributed by atoms with van der Waals surface area (Å²) in [6, 6.07) is 6.29. The van der Waals surface area contributed by atoms with Gasteiger partial charge >= 0.3 is 0 Å². The molecule has 2 aromatic rings. The standard InChI is InChI=1S/C17H21N5O2/c1-11-3-4-13(5-12(11)2)7-21-8-14(6-16(21)23)9-22-10-15(17(18)24)19-20-22/h3-5,10,14H,6-9H2,1-2H3,(H2,18,24). The molecule has 2 amide bonds. The average Bonchev–Trinajstić information content (AvgIpc) is 3.11. The second-order valence-corrected chi connectivity index (χ2v) is 6.45. The molecular weight excluding hydrogens is 306 g/mol. The molecule has 0 radical (unpaired) electrons. The van der Waals surface area contributed by atoms with E-state index in [-0.39, 0.29) is 17.5 Å². The molecule has 0 aliphatic carbocycles. The smallest absolute Gasteiger partial charge is 0.270 e. The molecule has 1 unspecified atom stereocenters. The molecule has 0 spiro atoms. The average molecular weight is 327 g/mol. The predicted octanol–water partition coefficient (Wildman–Crippen LogP) is 1.04. The highest BCUT2D eigenvalue weighted by atomic mass is 16.2. The first-order chi connectivity index (χ1) is 11.4. The van der Waals surface area contributed by atoms with Crippen LogP contribution in [0, 0.1) is 19.8 Å². The fourth-order valence-electron chi connectivity index (χ4n) is 3.02. The monoisotopic (exact) mass is 327 g/mol. The molecule has 1 atom stereocenters. The van der Waals surface area contributed by atoms with Gasteiger partial charge in [0, 0.05) is 32.0 Å². The van der Waals surface area contributed by atoms with Crippen molar-refractivity contribution in [3.63, 3.8) is 0 Å². The minimum absolute atomic E-state index is 0.145. The van der Waals surface area contributed by atoms with Gasteiger partial charge < -0.3 is 10.6 Å². The van der Waals surface area contributed by atoms with Crippen molar-refractivity contribution in [1.82, 2.24) is 19.9 Å². The number of likely N-dealkylation sites (tertiary alicyclic amines) is 1. The van der Waals surface area contributed by atoms with Gasteiger partial charge in [0.15, 0.2) is 5.69 Å². The second-order valence-electron chi connectivity index (χ2n) is 6.45. The Morgan fingerprint density at radius 2 is 2.12 bits per heavy atom. The SMILES string of the molecule is Cc1ccc(CN2CC(Cn3cc(C(N)=O)nn3)CC2=O)cc1C. The van der Waals surface area contributed by atoms with Gasteiger partial charge in [-0.2, -0.15) is 0 Å². The Labute approximate surface area is 140 Å². The van der Waals surface area contributed by atoms with Gasteiger partial charge in [0.1, 0.15) is 0 Å². The lowest BCUT2D eigenvalue weighted by Crippen LogP contribution is -2.25. The van der Waals surface area contributed by atoms with Crippen LogP contribution in [0.1, 0.15) is 33.6 Å². The summed E-state index contributed by atoms with van der Waals surface area (Å²) in [5.41, 5.74) is 8.94. The zero-order chi connectivity index (χ0) is 17.3. The molecular formula is C17H21N5O2. The van der Waals surface area contributed by atoms with Crippen molar-refractivity contribution < 1.29 is 9.59 Å². The number of rotatable bonds is 5. The van der Waals surface area contributed by atoms with Crippen LogP contribution < -0.4 is 5.73 Å². The summed E-state index contributed by atoms with van der Waals surface area (Å²) in [6.45, 7) is 6.01. The van der Waals surface area contributed by atoms with Gasteiger partial charge in [0.05, 0.1) is 6.20 Å². The van der Waals surface area contributed by atoms with Crippen LogP contribution in [0.5, 0.6) is 0 Å². The van der Waals surface area contributed by atoms with Crippen LogP contribution in [-0.4, -0.2) is 38.3 Å². The van der Waals surface area contributed by atoms with E-state index < -0.39 is 5.91 Å². The number of amides is 2. The third kappa shape index (κ3) is 3.45. The van der Waals surface area contributed by atoms with Gasteiger partial charge in [-0.3, -0.25) is 14.3 Å². The number of aryl methyl sites for hydroxylation is 2. The first-order valence-electron chi connectivity index (χ1n) is 7.96. The minimum Gasteiger partial charge on any atom is -0.364 e. The van der Waals surface area contributed by atoms with Crippen molar-refractivity contribution in [2.75, 3.05) is 6.54 Å². The zero-order valence-corrected chi connectivity index (χ0v) is 13.9. The van der Waals surface area contributed by atoms with E-state index in [2.05, 4.69) is 42.4 Å². The first kappa shape index (κ1) is 16.2. The highest BCUT2D eigenvalue weighted by Crippen LogP contribution is 2.22. The van der Waals surface area contributed by atoms with Crippen LogP contribution in [-0.2, 0) is 17.9 Å². The van der Waals surface area contributed by atoms with E-state index in [9.17, 15) is 9.59 Å². The van der Waals surface area contributed by atoms with E-state index in [4.69, 9.17) is 5.73 Å². The molecule has 1 aliphatic heterocycles. The van der Waals surface area contributed by atoms with Gasteiger partial charge in [-0.1, -0.05) is 23.4 Å². The molecule has 24 heavy (non-hydrogen) atoms. The quantitative estimate of drug-likeness (QED) is 0.888. The highest BCUT2D eigenvalue weighted by Gasteiger charge is 2.30. The third-order valence-corrected chi connectivity index (χ3v) is 4.48. The fraction of sp³-hybridized carbons (Fsp3) is 0.412. The fourth-order valence-corrected chi connectivity index (χ4v) is 3.02. The molecule has 0 bridgehead atoms. The number of carbonyl (C=O) groups excluding carboxylic acids is 2. The van der Waals surface area contributed by atoms with E-state index >= 15 is 0 Å². The summed E-state index contributed by atoms with van der Waals surface area (Å²) in [4.78, 5) is 25.2. The van der Waals surface area contributed by atoms with Crippen LogP contribution in [0.25, 0.3) is 0 Å². The summed E-state index contributed by atoms with van der Waals surface area (Å²) in [7, 11) is 0. The maximum Gasteiger partial charge on any atom is 0.270 e. The molecule has 1 fully saturated rings. The van der Waals surface area contributed by atoms with Crippen molar-refractivity contribution in [2.45, 2.75) is 33.4 Å². The number of nitrogens with zero attached hydrogens (tertiary/aromatic N) is 4. The number of hydrogen-bond donors (Lipinski definition) is 1. The number of nitrogens with two attached hydrogens (primary N) is 1. The molecule has 1 aliphatic rings. The lowest BCUT2D eigenvalue weighted by Gasteiger charge is -2.17. The van der Waals surface area contributed by atoms with Crippen LogP contribution >= 0.6 is 0 Å². The molecule has 7 heteroatoms. The Kier molecular flexibility index (Phi) is 4.33. The van der Waals surface area contributed by atoms with Crippen molar-refractivity contribution in [3.8, 4) is 0 Å². The molecule has 2 N–H and O–H groups in total. The molecule has 7 nitrogen and oxygen atoms in total. The molecule has 1 aromatic heterocycles. The summed E-state index contributed by atoms with van der Waals surface area (Å²) >= 11 is 0. The lowest BCUT2D eigenvalue weighted by atomic mass is 10.1. The number of primary amides is 1. The number of hydrogen-bond acceptors (Lipinski definition) is 4. The summed E-state index contributed by atoms with van der Waals surface area (Å²) in [6.07, 6.45) is 2.01. The zero-order valence-electron chi connectivity index (χ0n) is 13.9. The van der Waals surface area contributed by atoms with Gasteiger partial charge in [0.2, 0.25) is 5.91 Å². The Hall–Kier alpha value is -2.70. The Morgan fingerprint density at radius 3 is 2.79 bits per heavy atom. The maximum atomic E-state index is 12.3. The largest absolute Gasteiger partial charge is 0.364 e. The molecule has 1 aromatic carbocycles. The molecule has 3 rings (SSSR count). The molecule has 0 saturated carbocycles. The summed E-state index contributed by atoms with van der Waals surface area (Å²) < 4.78 is 1.58. The third-order valence-electron chi connectivity index (χ3n) is 4.48. The van der Waals surface area contributed by atoms with Crippen LogP contribution in [0.3, 0.4) is 0 Å².